The van der Waals surface area contributed by atoms with E-state index in [0.29, 0.717) is 5.76 Å². The molecule has 0 unspecified atom stereocenters. The Hall–Kier alpha value is -2.41. The van der Waals surface area contributed by atoms with E-state index in [2.05, 4.69) is 20.2 Å². The molecule has 0 spiro atoms. The standard InChI is InChI=1S/C21H24N4O2S/c1-13-8-11-27-18(13)20(26)24-14-6-9-25(10-7-14)19-17-15-4-2-3-5-16(15)28-21(17)23-12-22-19/h8,11-12,14H,2-7,9-10H2,1H3,(H,24,26). The molecule has 0 radical (unpaired) electrons. The van der Waals surface area contributed by atoms with Gasteiger partial charge in [-0.3, -0.25) is 4.79 Å². The SMILES string of the molecule is Cc1ccoc1C(=O)NC1CCN(c2ncnc3sc4c(c23)CCCC4)CC1. The summed E-state index contributed by atoms with van der Waals surface area (Å²) in [5.41, 5.74) is 2.35. The van der Waals surface area contributed by atoms with E-state index in [4.69, 9.17) is 4.42 Å². The van der Waals surface area contributed by atoms with E-state index in [9.17, 15) is 4.79 Å². The van der Waals surface area contributed by atoms with Gasteiger partial charge < -0.3 is 14.6 Å². The summed E-state index contributed by atoms with van der Waals surface area (Å²) in [4.78, 5) is 26.6. The molecule has 1 aliphatic carbocycles. The molecular weight excluding hydrogens is 372 g/mol. The average Bonchev–Trinajstić information content (AvgIpc) is 3.31. The van der Waals surface area contributed by atoms with Gasteiger partial charge in [0.05, 0.1) is 11.6 Å². The Morgan fingerprint density at radius 1 is 1.25 bits per heavy atom. The lowest BCUT2D eigenvalue weighted by Crippen LogP contribution is -2.45. The minimum absolute atomic E-state index is 0.114. The number of carbonyl (C=O) groups is 1. The van der Waals surface area contributed by atoms with E-state index in [1.54, 1.807) is 12.6 Å². The molecule has 5 rings (SSSR count). The van der Waals surface area contributed by atoms with Gasteiger partial charge in [-0.1, -0.05) is 0 Å². The third-order valence-electron chi connectivity index (χ3n) is 5.93. The van der Waals surface area contributed by atoms with Gasteiger partial charge in [0, 0.05) is 29.6 Å². The van der Waals surface area contributed by atoms with Crippen LogP contribution in [-0.4, -0.2) is 35.0 Å². The maximum atomic E-state index is 12.4. The van der Waals surface area contributed by atoms with Gasteiger partial charge in [0.25, 0.3) is 5.91 Å². The van der Waals surface area contributed by atoms with Gasteiger partial charge in [-0.15, -0.1) is 11.3 Å². The molecule has 4 heterocycles. The Morgan fingerprint density at radius 3 is 2.86 bits per heavy atom. The predicted molar refractivity (Wildman–Crippen MR) is 110 cm³/mol. The highest BCUT2D eigenvalue weighted by atomic mass is 32.1. The van der Waals surface area contributed by atoms with Crippen molar-refractivity contribution in [2.24, 2.45) is 0 Å². The highest BCUT2D eigenvalue weighted by molar-refractivity contribution is 7.19. The highest BCUT2D eigenvalue weighted by Crippen LogP contribution is 2.39. The Balaban J connectivity index is 1.31. The van der Waals surface area contributed by atoms with Crippen LogP contribution in [0.2, 0.25) is 0 Å². The Kier molecular flexibility index (Phi) is 4.55. The largest absolute Gasteiger partial charge is 0.459 e. The first-order valence-electron chi connectivity index (χ1n) is 10.1. The molecule has 1 N–H and O–H groups in total. The Bertz CT molecular complexity index is 1020. The van der Waals surface area contributed by atoms with Crippen LogP contribution in [0.25, 0.3) is 10.2 Å². The predicted octanol–water partition coefficient (Wildman–Crippen LogP) is 3.87. The second-order valence-electron chi connectivity index (χ2n) is 7.76. The number of nitrogens with one attached hydrogen (secondary N) is 1. The van der Waals surface area contributed by atoms with Crippen molar-refractivity contribution < 1.29 is 9.21 Å². The van der Waals surface area contributed by atoms with E-state index < -0.39 is 0 Å². The van der Waals surface area contributed by atoms with E-state index in [0.717, 1.165) is 48.6 Å². The zero-order valence-corrected chi connectivity index (χ0v) is 16.8. The molecule has 1 amide bonds. The van der Waals surface area contributed by atoms with Crippen LogP contribution in [-0.2, 0) is 12.8 Å². The van der Waals surface area contributed by atoms with Crippen LogP contribution in [0, 0.1) is 6.92 Å². The van der Waals surface area contributed by atoms with Crippen molar-refractivity contribution in [3.63, 3.8) is 0 Å². The number of furan rings is 1. The molecule has 3 aromatic rings. The molecule has 146 valence electrons. The summed E-state index contributed by atoms with van der Waals surface area (Å²) in [6, 6.07) is 1.99. The molecule has 28 heavy (non-hydrogen) atoms. The first-order chi connectivity index (χ1) is 13.7. The van der Waals surface area contributed by atoms with Crippen LogP contribution in [0.5, 0.6) is 0 Å². The number of amides is 1. The van der Waals surface area contributed by atoms with E-state index in [1.165, 1.54) is 35.1 Å². The van der Waals surface area contributed by atoms with Gasteiger partial charge in [0.1, 0.15) is 17.0 Å². The maximum Gasteiger partial charge on any atom is 0.287 e. The minimum atomic E-state index is -0.114. The fraction of sp³-hybridized carbons (Fsp3) is 0.476. The molecule has 0 atom stereocenters. The molecule has 2 aliphatic rings. The quantitative estimate of drug-likeness (QED) is 0.728. The molecule has 0 bridgehead atoms. The molecule has 1 aliphatic heterocycles. The Labute approximate surface area is 168 Å². The summed E-state index contributed by atoms with van der Waals surface area (Å²) >= 11 is 1.84. The van der Waals surface area contributed by atoms with Gasteiger partial charge >= 0.3 is 0 Å². The monoisotopic (exact) mass is 396 g/mol. The van der Waals surface area contributed by atoms with Crippen molar-refractivity contribution >= 4 is 33.3 Å². The second kappa shape index (κ2) is 7.20. The van der Waals surface area contributed by atoms with Gasteiger partial charge in [-0.05, 0) is 57.1 Å². The van der Waals surface area contributed by atoms with Crippen LogP contribution in [0.4, 0.5) is 5.82 Å². The first-order valence-corrected chi connectivity index (χ1v) is 10.9. The van der Waals surface area contributed by atoms with E-state index >= 15 is 0 Å². The molecule has 0 aromatic carbocycles. The van der Waals surface area contributed by atoms with Gasteiger partial charge in [-0.25, -0.2) is 9.97 Å². The minimum Gasteiger partial charge on any atom is -0.459 e. The molecule has 0 saturated carbocycles. The second-order valence-corrected chi connectivity index (χ2v) is 8.84. The van der Waals surface area contributed by atoms with Crippen LogP contribution < -0.4 is 10.2 Å². The number of hydrogen-bond acceptors (Lipinski definition) is 6. The van der Waals surface area contributed by atoms with Crippen molar-refractivity contribution in [2.45, 2.75) is 51.5 Å². The lowest BCUT2D eigenvalue weighted by atomic mass is 9.96. The van der Waals surface area contributed by atoms with Crippen LogP contribution in [0.1, 0.15) is 52.2 Å². The lowest BCUT2D eigenvalue weighted by molar-refractivity contribution is 0.0902. The zero-order chi connectivity index (χ0) is 19.1. The maximum absolute atomic E-state index is 12.4. The molecular formula is C21H24N4O2S. The number of hydrogen-bond donors (Lipinski definition) is 1. The number of aromatic nitrogens is 2. The van der Waals surface area contributed by atoms with Crippen molar-refractivity contribution in [1.29, 1.82) is 0 Å². The van der Waals surface area contributed by atoms with Crippen molar-refractivity contribution in [1.82, 2.24) is 15.3 Å². The summed E-state index contributed by atoms with van der Waals surface area (Å²) in [7, 11) is 0. The average molecular weight is 397 g/mol. The molecule has 6 nitrogen and oxygen atoms in total. The fourth-order valence-corrected chi connectivity index (χ4v) is 5.63. The van der Waals surface area contributed by atoms with E-state index in [-0.39, 0.29) is 11.9 Å². The van der Waals surface area contributed by atoms with Crippen LogP contribution in [0.3, 0.4) is 0 Å². The van der Waals surface area contributed by atoms with Crippen molar-refractivity contribution in [3.8, 4) is 0 Å². The summed E-state index contributed by atoms with van der Waals surface area (Å²) in [6.45, 7) is 3.67. The van der Waals surface area contributed by atoms with Crippen molar-refractivity contribution in [3.05, 3.63) is 40.4 Å². The highest BCUT2D eigenvalue weighted by Gasteiger charge is 2.27. The third-order valence-corrected chi connectivity index (χ3v) is 7.13. The fourth-order valence-electron chi connectivity index (χ4n) is 4.41. The summed E-state index contributed by atoms with van der Waals surface area (Å²) in [6.07, 6.45) is 9.94. The Morgan fingerprint density at radius 2 is 2.07 bits per heavy atom. The number of fused-ring (bicyclic) bond motifs is 3. The van der Waals surface area contributed by atoms with E-state index in [1.807, 2.05) is 24.3 Å². The number of piperidine rings is 1. The number of carbonyl (C=O) groups excluding carboxylic acids is 1. The van der Waals surface area contributed by atoms with Gasteiger partial charge in [0.15, 0.2) is 5.76 Å². The zero-order valence-electron chi connectivity index (χ0n) is 16.0. The van der Waals surface area contributed by atoms with Crippen LogP contribution in [0.15, 0.2) is 23.1 Å². The number of nitrogens with zero attached hydrogens (tertiary/aromatic N) is 3. The number of rotatable bonds is 3. The molecule has 3 aromatic heterocycles. The summed E-state index contributed by atoms with van der Waals surface area (Å²) in [5, 5.41) is 4.40. The number of anilines is 1. The summed E-state index contributed by atoms with van der Waals surface area (Å²) in [5.74, 6) is 1.39. The third kappa shape index (κ3) is 3.07. The molecule has 1 saturated heterocycles. The molecule has 1 fully saturated rings. The molecule has 7 heteroatoms. The normalized spacial score (nSPS) is 17.7. The number of thiophene rings is 1. The first kappa shape index (κ1) is 17.7. The summed E-state index contributed by atoms with van der Waals surface area (Å²) < 4.78 is 5.31. The van der Waals surface area contributed by atoms with Crippen molar-refractivity contribution in [2.75, 3.05) is 18.0 Å². The van der Waals surface area contributed by atoms with Gasteiger partial charge in [0.2, 0.25) is 0 Å². The smallest absolute Gasteiger partial charge is 0.287 e. The topological polar surface area (TPSA) is 71.3 Å². The van der Waals surface area contributed by atoms with Gasteiger partial charge in [-0.2, -0.15) is 0 Å². The lowest BCUT2D eigenvalue weighted by Gasteiger charge is -2.33. The van der Waals surface area contributed by atoms with Crippen LogP contribution >= 0.6 is 11.3 Å². The number of aryl methyl sites for hydroxylation is 3.